The molecule has 10 atom stereocenters. The minimum atomic E-state index is -0.0323. The van der Waals surface area contributed by atoms with E-state index in [9.17, 15) is 4.79 Å². The first-order valence-corrected chi connectivity index (χ1v) is 15.4. The Labute approximate surface area is 217 Å². The van der Waals surface area contributed by atoms with Crippen LogP contribution >= 0.6 is 0 Å². The second-order valence-electron chi connectivity index (χ2n) is 15.9. The monoisotopic (exact) mass is 484 g/mol. The maximum atomic E-state index is 11.8. The number of hydrogen-bond acceptors (Lipinski definition) is 2. The maximum absolute atomic E-state index is 11.8. The van der Waals surface area contributed by atoms with Crippen LogP contribution in [0.2, 0.25) is 0 Å². The molecule has 0 heterocycles. The molecule has 5 fully saturated rings. The van der Waals surface area contributed by atoms with Crippen molar-refractivity contribution in [1.82, 2.24) is 0 Å². The molecule has 35 heavy (non-hydrogen) atoms. The third kappa shape index (κ3) is 3.56. The molecule has 0 spiro atoms. The van der Waals surface area contributed by atoms with Crippen molar-refractivity contribution >= 4 is 5.97 Å². The van der Waals surface area contributed by atoms with E-state index in [2.05, 4.69) is 48.5 Å². The third-order valence-electron chi connectivity index (χ3n) is 14.5. The molecule has 5 saturated carbocycles. The van der Waals surface area contributed by atoms with Crippen molar-refractivity contribution in [1.29, 1.82) is 0 Å². The van der Waals surface area contributed by atoms with E-state index in [0.717, 1.165) is 36.0 Å². The summed E-state index contributed by atoms with van der Waals surface area (Å²) in [6.07, 6.45) is 17.5. The van der Waals surface area contributed by atoms with Crippen LogP contribution in [0.1, 0.15) is 132 Å². The molecule has 0 saturated heterocycles. The first-order chi connectivity index (χ1) is 16.3. The van der Waals surface area contributed by atoms with Crippen LogP contribution in [0.3, 0.4) is 0 Å². The smallest absolute Gasteiger partial charge is 0.305 e. The number of carbonyl (C=O) groups excluding carboxylic acids is 1. The average molecular weight is 485 g/mol. The first-order valence-electron chi connectivity index (χ1n) is 15.4. The summed E-state index contributed by atoms with van der Waals surface area (Å²) in [5.41, 5.74) is 2.54. The fourth-order valence-corrected chi connectivity index (χ4v) is 12.7. The number of fused-ring (bicyclic) bond motifs is 7. The largest absolute Gasteiger partial charge is 0.469 e. The van der Waals surface area contributed by atoms with Gasteiger partial charge in [-0.3, -0.25) is 4.79 Å². The van der Waals surface area contributed by atoms with Gasteiger partial charge in [-0.1, -0.05) is 54.9 Å². The Morgan fingerprint density at radius 1 is 0.771 bits per heavy atom. The van der Waals surface area contributed by atoms with Crippen LogP contribution in [0.4, 0.5) is 0 Å². The van der Waals surface area contributed by atoms with E-state index in [1.165, 1.54) is 77.7 Å². The second-order valence-corrected chi connectivity index (χ2v) is 15.9. The van der Waals surface area contributed by atoms with Crippen molar-refractivity contribution in [2.45, 2.75) is 132 Å². The lowest BCUT2D eigenvalue weighted by Gasteiger charge is -2.73. The fraction of sp³-hybridized carbons (Fsp3) is 0.970. The van der Waals surface area contributed by atoms with E-state index < -0.39 is 0 Å². The molecule has 5 aliphatic carbocycles. The van der Waals surface area contributed by atoms with Crippen LogP contribution in [0.5, 0.6) is 0 Å². The minimum Gasteiger partial charge on any atom is -0.469 e. The molecule has 0 bridgehead atoms. The molecule has 0 aliphatic heterocycles. The maximum Gasteiger partial charge on any atom is 0.305 e. The predicted octanol–water partition coefficient (Wildman–Crippen LogP) is 9.07. The Hall–Kier alpha value is -0.530. The number of ether oxygens (including phenoxy) is 1. The Morgan fingerprint density at radius 2 is 1.40 bits per heavy atom. The Bertz CT molecular complexity index is 831. The van der Waals surface area contributed by atoms with E-state index in [-0.39, 0.29) is 5.97 Å². The van der Waals surface area contributed by atoms with Crippen LogP contribution in [-0.4, -0.2) is 13.1 Å². The van der Waals surface area contributed by atoms with Crippen LogP contribution in [0.25, 0.3) is 0 Å². The molecule has 0 radical (unpaired) electrons. The van der Waals surface area contributed by atoms with Crippen molar-refractivity contribution in [2.75, 3.05) is 7.11 Å². The van der Waals surface area contributed by atoms with E-state index in [4.69, 9.17) is 4.74 Å². The molecule has 0 N–H and O–H groups in total. The highest BCUT2D eigenvalue weighted by Crippen LogP contribution is 2.78. The molecule has 5 aliphatic rings. The first kappa shape index (κ1) is 26.1. The van der Waals surface area contributed by atoms with Crippen LogP contribution in [0, 0.1) is 62.6 Å². The van der Waals surface area contributed by atoms with E-state index in [0.29, 0.717) is 39.4 Å². The van der Waals surface area contributed by atoms with Gasteiger partial charge in [0.05, 0.1) is 7.11 Å². The molecule has 0 aromatic heterocycles. The highest BCUT2D eigenvalue weighted by atomic mass is 16.5. The number of rotatable bonds is 4. The van der Waals surface area contributed by atoms with Crippen LogP contribution in [-0.2, 0) is 9.53 Å². The fourth-order valence-electron chi connectivity index (χ4n) is 12.7. The lowest BCUT2D eigenvalue weighted by Crippen LogP contribution is -2.65. The van der Waals surface area contributed by atoms with Crippen molar-refractivity contribution < 1.29 is 9.53 Å². The molecule has 2 heteroatoms. The second kappa shape index (κ2) is 8.49. The van der Waals surface area contributed by atoms with E-state index in [1.54, 1.807) is 0 Å². The van der Waals surface area contributed by atoms with E-state index >= 15 is 0 Å². The average Bonchev–Trinajstić information content (AvgIpc) is 3.14. The van der Waals surface area contributed by atoms with Gasteiger partial charge in [0.25, 0.3) is 0 Å². The van der Waals surface area contributed by atoms with Crippen molar-refractivity contribution in [3.05, 3.63) is 0 Å². The molecule has 5 rings (SSSR count). The third-order valence-corrected chi connectivity index (χ3v) is 14.5. The summed E-state index contributed by atoms with van der Waals surface area (Å²) >= 11 is 0. The van der Waals surface area contributed by atoms with Crippen molar-refractivity contribution in [2.24, 2.45) is 62.6 Å². The van der Waals surface area contributed by atoms with Crippen LogP contribution in [0.15, 0.2) is 0 Å². The summed E-state index contributed by atoms with van der Waals surface area (Å²) in [6.45, 7) is 18.6. The molecule has 200 valence electrons. The minimum absolute atomic E-state index is 0.0323. The molecule has 4 unspecified atom stereocenters. The highest BCUT2D eigenvalue weighted by Gasteiger charge is 2.70. The van der Waals surface area contributed by atoms with Gasteiger partial charge in [0.15, 0.2) is 0 Å². The topological polar surface area (TPSA) is 26.3 Å². The summed E-state index contributed by atoms with van der Waals surface area (Å²) in [7, 11) is 1.53. The highest BCUT2D eigenvalue weighted by molar-refractivity contribution is 5.69. The molecule has 0 amide bonds. The molecule has 2 nitrogen and oxygen atoms in total. The van der Waals surface area contributed by atoms with Crippen molar-refractivity contribution in [3.63, 3.8) is 0 Å². The van der Waals surface area contributed by atoms with Gasteiger partial charge < -0.3 is 4.74 Å². The summed E-state index contributed by atoms with van der Waals surface area (Å²) in [6, 6.07) is 0. The summed E-state index contributed by atoms with van der Waals surface area (Å²) in [5.74, 6) is 4.96. The SMILES string of the molecule is COC(=O)CCC(C)[C@H]1CC[C@]2(C)C3CCC4[C@@]5(C)CCCC(C)(C)C5CC[C@@]4(C)[C@]3(C)CC[C@@H]12. The molecule has 0 aromatic rings. The van der Waals surface area contributed by atoms with Gasteiger partial charge in [-0.2, -0.15) is 0 Å². The number of esters is 1. The van der Waals surface area contributed by atoms with Gasteiger partial charge in [-0.05, 0) is 133 Å². The summed E-state index contributed by atoms with van der Waals surface area (Å²) in [5, 5.41) is 0. The molecular weight excluding hydrogens is 428 g/mol. The number of carbonyl (C=O) groups is 1. The molecule has 0 aromatic carbocycles. The zero-order chi connectivity index (χ0) is 25.4. The van der Waals surface area contributed by atoms with Crippen molar-refractivity contribution in [3.8, 4) is 0 Å². The Kier molecular flexibility index (Phi) is 6.33. The number of methoxy groups -OCH3 is 1. The standard InChI is InChI=1S/C33H56O2/c1-22(10-13-28(34)35-8)23-14-19-30(4)24(23)15-20-32(6)26(30)11-12-27-31(5)18-9-17-29(2,3)25(31)16-21-33(27,32)7/h22-27H,9-21H2,1-8H3/t22?,23-,24+,25?,26?,27?,30+,31+,32-,33-/m1/s1. The lowest BCUT2D eigenvalue weighted by molar-refractivity contribution is -0.241. The summed E-state index contributed by atoms with van der Waals surface area (Å²) in [4.78, 5) is 11.8. The Morgan fingerprint density at radius 3 is 2.06 bits per heavy atom. The quantitative estimate of drug-likeness (QED) is 0.372. The predicted molar refractivity (Wildman–Crippen MR) is 145 cm³/mol. The van der Waals surface area contributed by atoms with Gasteiger partial charge in [0, 0.05) is 6.42 Å². The molecular formula is C33H56O2. The zero-order valence-electron chi connectivity index (χ0n) is 24.5. The normalized spacial score (nSPS) is 51.4. The van der Waals surface area contributed by atoms with Gasteiger partial charge in [0.1, 0.15) is 0 Å². The van der Waals surface area contributed by atoms with Gasteiger partial charge >= 0.3 is 5.97 Å². The number of hydrogen-bond donors (Lipinski definition) is 0. The van der Waals surface area contributed by atoms with Gasteiger partial charge in [-0.25, -0.2) is 0 Å². The lowest BCUT2D eigenvalue weighted by atomic mass is 9.32. The van der Waals surface area contributed by atoms with Crippen LogP contribution < -0.4 is 0 Å². The summed E-state index contributed by atoms with van der Waals surface area (Å²) < 4.78 is 4.95. The Balaban J connectivity index is 1.40. The van der Waals surface area contributed by atoms with E-state index in [1.807, 2.05) is 0 Å². The van der Waals surface area contributed by atoms with Gasteiger partial charge in [0.2, 0.25) is 0 Å². The van der Waals surface area contributed by atoms with Gasteiger partial charge in [-0.15, -0.1) is 0 Å². The zero-order valence-corrected chi connectivity index (χ0v) is 24.5.